The van der Waals surface area contributed by atoms with Crippen LogP contribution in [0.3, 0.4) is 0 Å². The van der Waals surface area contributed by atoms with E-state index >= 15 is 0 Å². The molecule has 2 heterocycles. The Kier molecular flexibility index (Phi) is 3.97. The van der Waals surface area contributed by atoms with Gasteiger partial charge in [-0.2, -0.15) is 0 Å². The fraction of sp³-hybridized carbons (Fsp3) is 0.375. The van der Waals surface area contributed by atoms with Gasteiger partial charge in [0.25, 0.3) is 0 Å². The van der Waals surface area contributed by atoms with Crippen LogP contribution in [0.1, 0.15) is 5.69 Å². The largest absolute Gasteiger partial charge is 0.339 e. The Balaban J connectivity index is 1.90. The van der Waals surface area contributed by atoms with Crippen LogP contribution >= 0.6 is 0 Å². The van der Waals surface area contributed by atoms with Crippen molar-refractivity contribution < 1.29 is 13.2 Å². The second-order valence-corrected chi connectivity index (χ2v) is 8.09. The van der Waals surface area contributed by atoms with Crippen molar-refractivity contribution in [2.45, 2.75) is 13.5 Å². The molecule has 2 aromatic rings. The number of amides is 1. The number of para-hydroxylation sites is 1. The Morgan fingerprint density at radius 3 is 2.52 bits per heavy atom. The summed E-state index contributed by atoms with van der Waals surface area (Å²) in [5.74, 6) is -0.0950. The zero-order chi connectivity index (χ0) is 16.6. The van der Waals surface area contributed by atoms with Crippen molar-refractivity contribution in [1.82, 2.24) is 9.47 Å². The number of hydrogen-bond donors (Lipinski definition) is 0. The number of hydrogen-bond acceptors (Lipinski definition) is 4. The van der Waals surface area contributed by atoms with E-state index in [-0.39, 0.29) is 42.5 Å². The van der Waals surface area contributed by atoms with Gasteiger partial charge in [-0.15, -0.1) is 0 Å². The maximum absolute atomic E-state index is 12.5. The number of carbonyl (C=O) groups excluding carboxylic acids is 1. The Hall–Kier alpha value is -2.15. The molecule has 0 aliphatic carbocycles. The summed E-state index contributed by atoms with van der Waals surface area (Å²) in [6.07, 6.45) is 0. The minimum Gasteiger partial charge on any atom is -0.339 e. The molecule has 1 aliphatic heterocycles. The van der Waals surface area contributed by atoms with E-state index in [1.165, 1.54) is 6.07 Å². The van der Waals surface area contributed by atoms with Crippen LogP contribution in [0.25, 0.3) is 10.9 Å². The van der Waals surface area contributed by atoms with Crippen LogP contribution in [0.15, 0.2) is 35.1 Å². The van der Waals surface area contributed by atoms with E-state index in [0.717, 1.165) is 5.52 Å². The molecule has 3 rings (SSSR count). The van der Waals surface area contributed by atoms with E-state index < -0.39 is 9.84 Å². The first kappa shape index (κ1) is 15.7. The third-order valence-electron chi connectivity index (χ3n) is 4.22. The van der Waals surface area contributed by atoms with Gasteiger partial charge in [-0.3, -0.25) is 9.59 Å². The molecular formula is C16H18N2O4S. The van der Waals surface area contributed by atoms with Gasteiger partial charge < -0.3 is 9.47 Å². The molecule has 0 radical (unpaired) electrons. The molecule has 23 heavy (non-hydrogen) atoms. The first-order chi connectivity index (χ1) is 10.9. The maximum Gasteiger partial charge on any atom is 0.242 e. The van der Waals surface area contributed by atoms with Crippen molar-refractivity contribution in [1.29, 1.82) is 0 Å². The number of aromatic nitrogens is 1. The van der Waals surface area contributed by atoms with Gasteiger partial charge in [0.1, 0.15) is 6.54 Å². The highest BCUT2D eigenvalue weighted by atomic mass is 32.2. The molecule has 0 N–H and O–H groups in total. The predicted molar refractivity (Wildman–Crippen MR) is 88.2 cm³/mol. The van der Waals surface area contributed by atoms with E-state index in [1.807, 2.05) is 16.7 Å². The molecule has 1 amide bonds. The number of rotatable bonds is 2. The Morgan fingerprint density at radius 1 is 1.17 bits per heavy atom. The fourth-order valence-electron chi connectivity index (χ4n) is 2.86. The topological polar surface area (TPSA) is 76.5 Å². The number of aryl methyl sites for hydroxylation is 1. The van der Waals surface area contributed by atoms with Gasteiger partial charge in [-0.1, -0.05) is 12.1 Å². The van der Waals surface area contributed by atoms with Crippen LogP contribution in [0, 0.1) is 6.92 Å². The third kappa shape index (κ3) is 3.14. The van der Waals surface area contributed by atoms with Crippen molar-refractivity contribution >= 4 is 26.6 Å². The standard InChI is InChI=1S/C16H18N2O4S/c1-12-10-15(19)13-4-2-3-5-14(13)18(12)11-16(20)17-6-8-23(21,22)9-7-17/h2-5,10H,6-9,11H2,1H3. The van der Waals surface area contributed by atoms with Gasteiger partial charge in [0.15, 0.2) is 15.3 Å². The van der Waals surface area contributed by atoms with Crippen molar-refractivity contribution in [2.75, 3.05) is 24.6 Å². The summed E-state index contributed by atoms with van der Waals surface area (Å²) < 4.78 is 24.7. The highest BCUT2D eigenvalue weighted by Gasteiger charge is 2.25. The highest BCUT2D eigenvalue weighted by Crippen LogP contribution is 2.14. The molecule has 0 saturated carbocycles. The first-order valence-electron chi connectivity index (χ1n) is 7.45. The van der Waals surface area contributed by atoms with E-state index in [0.29, 0.717) is 11.1 Å². The second kappa shape index (κ2) is 5.81. The zero-order valence-electron chi connectivity index (χ0n) is 12.9. The van der Waals surface area contributed by atoms with Gasteiger partial charge in [-0.05, 0) is 19.1 Å². The normalized spacial score (nSPS) is 17.3. The summed E-state index contributed by atoms with van der Waals surface area (Å²) in [6.45, 7) is 2.37. The number of benzene rings is 1. The highest BCUT2D eigenvalue weighted by molar-refractivity contribution is 7.91. The predicted octanol–water partition coefficient (Wildman–Crippen LogP) is 0.567. The SMILES string of the molecule is Cc1cc(=O)c2ccccc2n1CC(=O)N1CCS(=O)(=O)CC1. The van der Waals surface area contributed by atoms with Crippen molar-refractivity contribution in [3.63, 3.8) is 0 Å². The lowest BCUT2D eigenvalue weighted by molar-refractivity contribution is -0.131. The number of pyridine rings is 1. The molecule has 1 aliphatic rings. The summed E-state index contributed by atoms with van der Waals surface area (Å²) in [5, 5.41) is 0.576. The second-order valence-electron chi connectivity index (χ2n) is 5.79. The van der Waals surface area contributed by atoms with Crippen LogP contribution in [-0.2, 0) is 21.2 Å². The number of fused-ring (bicyclic) bond motifs is 1. The summed E-state index contributed by atoms with van der Waals surface area (Å²) in [4.78, 5) is 26.1. The van der Waals surface area contributed by atoms with E-state index in [2.05, 4.69) is 0 Å². The van der Waals surface area contributed by atoms with Gasteiger partial charge in [0.2, 0.25) is 5.91 Å². The smallest absolute Gasteiger partial charge is 0.242 e. The molecule has 1 fully saturated rings. The number of carbonyl (C=O) groups is 1. The van der Waals surface area contributed by atoms with Crippen molar-refractivity contribution in [3.8, 4) is 0 Å². The lowest BCUT2D eigenvalue weighted by atomic mass is 10.2. The van der Waals surface area contributed by atoms with Gasteiger partial charge >= 0.3 is 0 Å². The summed E-state index contributed by atoms with van der Waals surface area (Å²) in [6, 6.07) is 8.70. The molecule has 0 bridgehead atoms. The van der Waals surface area contributed by atoms with Gasteiger partial charge in [0.05, 0.1) is 17.0 Å². The van der Waals surface area contributed by atoms with Crippen LogP contribution in [0.5, 0.6) is 0 Å². The molecule has 0 atom stereocenters. The van der Waals surface area contributed by atoms with Crippen LogP contribution < -0.4 is 5.43 Å². The van der Waals surface area contributed by atoms with Gasteiger partial charge in [-0.25, -0.2) is 8.42 Å². The van der Waals surface area contributed by atoms with Gasteiger partial charge in [0, 0.05) is 30.2 Å². The first-order valence-corrected chi connectivity index (χ1v) is 9.27. The van der Waals surface area contributed by atoms with Crippen molar-refractivity contribution in [3.05, 3.63) is 46.2 Å². The summed E-state index contributed by atoms with van der Waals surface area (Å²) >= 11 is 0. The molecule has 0 spiro atoms. The molecule has 122 valence electrons. The van der Waals surface area contributed by atoms with Crippen molar-refractivity contribution in [2.24, 2.45) is 0 Å². The summed E-state index contributed by atoms with van der Waals surface area (Å²) in [7, 11) is -3.01. The van der Waals surface area contributed by atoms with E-state index in [1.54, 1.807) is 24.0 Å². The van der Waals surface area contributed by atoms with Crippen LogP contribution in [0.4, 0.5) is 0 Å². The molecule has 7 heteroatoms. The zero-order valence-corrected chi connectivity index (χ0v) is 13.7. The van der Waals surface area contributed by atoms with E-state index in [9.17, 15) is 18.0 Å². The Labute approximate surface area is 134 Å². The average Bonchev–Trinajstić information content (AvgIpc) is 2.51. The molecular weight excluding hydrogens is 316 g/mol. The molecule has 0 unspecified atom stereocenters. The van der Waals surface area contributed by atoms with E-state index in [4.69, 9.17) is 0 Å². The fourth-order valence-corrected chi connectivity index (χ4v) is 4.06. The molecule has 1 aromatic carbocycles. The quantitative estimate of drug-likeness (QED) is 0.804. The Morgan fingerprint density at radius 2 is 1.83 bits per heavy atom. The lowest BCUT2D eigenvalue weighted by Crippen LogP contribution is -2.45. The monoisotopic (exact) mass is 334 g/mol. The summed E-state index contributed by atoms with van der Waals surface area (Å²) in [5.41, 5.74) is 1.37. The number of nitrogens with zero attached hydrogens (tertiary/aromatic N) is 2. The maximum atomic E-state index is 12.5. The lowest BCUT2D eigenvalue weighted by Gasteiger charge is -2.27. The average molecular weight is 334 g/mol. The van der Waals surface area contributed by atoms with Crippen LogP contribution in [0.2, 0.25) is 0 Å². The molecule has 6 nitrogen and oxygen atoms in total. The Bertz CT molecular complexity index is 917. The minimum atomic E-state index is -3.01. The minimum absolute atomic E-state index is 0.0165. The third-order valence-corrected chi connectivity index (χ3v) is 5.83. The molecule has 1 aromatic heterocycles. The number of sulfone groups is 1. The van der Waals surface area contributed by atoms with Crippen LogP contribution in [-0.4, -0.2) is 48.4 Å². The molecule has 1 saturated heterocycles.